The number of phenols is 1. The fraction of sp³-hybridized carbons (Fsp3) is 0.231. The summed E-state index contributed by atoms with van der Waals surface area (Å²) in [6, 6.07) is 3.44. The Morgan fingerprint density at radius 2 is 2.25 bits per heavy atom. The van der Waals surface area contributed by atoms with E-state index in [1.165, 1.54) is 18.4 Å². The molecule has 0 bridgehead atoms. The van der Waals surface area contributed by atoms with Crippen molar-refractivity contribution in [2.24, 2.45) is 0 Å². The van der Waals surface area contributed by atoms with Gasteiger partial charge >= 0.3 is 5.97 Å². The van der Waals surface area contributed by atoms with Crippen LogP contribution in [-0.2, 0) is 11.2 Å². The van der Waals surface area contributed by atoms with Crippen LogP contribution in [0.4, 0.5) is 0 Å². The molecule has 0 radical (unpaired) electrons. The van der Waals surface area contributed by atoms with Crippen LogP contribution < -0.4 is 4.74 Å². The van der Waals surface area contributed by atoms with Crippen molar-refractivity contribution in [3.05, 3.63) is 27.7 Å². The van der Waals surface area contributed by atoms with Crippen molar-refractivity contribution in [2.45, 2.75) is 12.8 Å². The SMILES string of the molecule is COc1cc(-c2nc(CCC(=O)O)cs2)cc(Br)c1O. The Kier molecular flexibility index (Phi) is 4.61. The average Bonchev–Trinajstić information content (AvgIpc) is 2.88. The minimum absolute atomic E-state index is 0.0407. The summed E-state index contributed by atoms with van der Waals surface area (Å²) in [5.41, 5.74) is 1.55. The first kappa shape index (κ1) is 14.8. The molecule has 2 aromatic rings. The maximum atomic E-state index is 10.5. The van der Waals surface area contributed by atoms with Crippen LogP contribution >= 0.6 is 27.3 Å². The summed E-state index contributed by atoms with van der Waals surface area (Å²) in [7, 11) is 1.48. The maximum Gasteiger partial charge on any atom is 0.303 e. The van der Waals surface area contributed by atoms with Gasteiger partial charge in [0.2, 0.25) is 0 Å². The van der Waals surface area contributed by atoms with Gasteiger partial charge in [0, 0.05) is 17.4 Å². The lowest BCUT2D eigenvalue weighted by Crippen LogP contribution is -1.97. The van der Waals surface area contributed by atoms with Crippen molar-refractivity contribution < 1.29 is 19.7 Å². The molecule has 0 saturated carbocycles. The van der Waals surface area contributed by atoms with Gasteiger partial charge in [-0.25, -0.2) is 4.98 Å². The summed E-state index contributed by atoms with van der Waals surface area (Å²) < 4.78 is 5.62. The molecule has 1 aromatic heterocycles. The zero-order valence-corrected chi connectivity index (χ0v) is 13.0. The van der Waals surface area contributed by atoms with Gasteiger partial charge in [-0.15, -0.1) is 11.3 Å². The molecule has 106 valence electrons. The van der Waals surface area contributed by atoms with Crippen LogP contribution in [-0.4, -0.2) is 28.3 Å². The number of hydrogen-bond donors (Lipinski definition) is 2. The molecule has 0 aliphatic heterocycles. The van der Waals surface area contributed by atoms with Gasteiger partial charge in [0.25, 0.3) is 0 Å². The van der Waals surface area contributed by atoms with Crippen LogP contribution in [0.3, 0.4) is 0 Å². The number of thiazole rings is 1. The first-order chi connectivity index (χ1) is 9.51. The van der Waals surface area contributed by atoms with E-state index in [1.54, 1.807) is 12.1 Å². The second-order valence-electron chi connectivity index (χ2n) is 4.05. The molecule has 0 amide bonds. The molecule has 0 atom stereocenters. The summed E-state index contributed by atoms with van der Waals surface area (Å²) in [4.78, 5) is 14.9. The second kappa shape index (κ2) is 6.23. The third-order valence-corrected chi connectivity index (χ3v) is 4.19. The van der Waals surface area contributed by atoms with Crippen LogP contribution in [0.5, 0.6) is 11.5 Å². The van der Waals surface area contributed by atoms with E-state index in [9.17, 15) is 9.90 Å². The van der Waals surface area contributed by atoms with Gasteiger partial charge in [-0.3, -0.25) is 4.79 Å². The Balaban J connectivity index is 2.28. The number of hydrogen-bond acceptors (Lipinski definition) is 5. The molecule has 1 aromatic carbocycles. The molecule has 2 rings (SSSR count). The number of ether oxygens (including phenoxy) is 1. The summed E-state index contributed by atoms with van der Waals surface area (Å²) in [6.07, 6.45) is 0.466. The van der Waals surface area contributed by atoms with Crippen LogP contribution in [0.15, 0.2) is 22.0 Å². The number of halogens is 1. The monoisotopic (exact) mass is 357 g/mol. The van der Waals surface area contributed by atoms with E-state index in [0.717, 1.165) is 16.3 Å². The van der Waals surface area contributed by atoms with Crippen molar-refractivity contribution in [2.75, 3.05) is 7.11 Å². The first-order valence-corrected chi connectivity index (χ1v) is 7.41. The molecule has 0 saturated heterocycles. The summed E-state index contributed by atoms with van der Waals surface area (Å²) in [6.45, 7) is 0. The quantitative estimate of drug-likeness (QED) is 0.857. The normalized spacial score (nSPS) is 10.5. The third-order valence-electron chi connectivity index (χ3n) is 2.64. The second-order valence-corrected chi connectivity index (χ2v) is 5.76. The Labute approximate surface area is 128 Å². The number of carbonyl (C=O) groups is 1. The van der Waals surface area contributed by atoms with E-state index in [2.05, 4.69) is 20.9 Å². The molecular weight excluding hydrogens is 346 g/mol. The number of carboxylic acid groups (broad SMARTS) is 1. The molecular formula is C13H12BrNO4S. The fourth-order valence-electron chi connectivity index (χ4n) is 1.64. The number of methoxy groups -OCH3 is 1. The fourth-order valence-corrected chi connectivity index (χ4v) is 2.93. The molecule has 0 fully saturated rings. The van der Waals surface area contributed by atoms with Gasteiger partial charge in [0.05, 0.1) is 23.7 Å². The number of aromatic nitrogens is 1. The molecule has 0 aliphatic rings. The van der Waals surface area contributed by atoms with Gasteiger partial charge in [0.15, 0.2) is 11.5 Å². The highest BCUT2D eigenvalue weighted by Crippen LogP contribution is 2.39. The average molecular weight is 358 g/mol. The smallest absolute Gasteiger partial charge is 0.303 e. The largest absolute Gasteiger partial charge is 0.503 e. The third kappa shape index (κ3) is 3.29. The van der Waals surface area contributed by atoms with Crippen molar-refractivity contribution in [3.8, 4) is 22.1 Å². The van der Waals surface area contributed by atoms with Crippen LogP contribution in [0, 0.1) is 0 Å². The van der Waals surface area contributed by atoms with E-state index in [-0.39, 0.29) is 12.2 Å². The van der Waals surface area contributed by atoms with Gasteiger partial charge in [-0.1, -0.05) is 0 Å². The standard InChI is InChI=1S/C13H12BrNO4S/c1-19-10-5-7(4-9(14)12(10)18)13-15-8(6-20-13)2-3-11(16)17/h4-6,18H,2-3H2,1H3,(H,16,17). The van der Waals surface area contributed by atoms with Gasteiger partial charge < -0.3 is 14.9 Å². The number of benzene rings is 1. The molecule has 0 aliphatic carbocycles. The van der Waals surface area contributed by atoms with E-state index < -0.39 is 5.97 Å². The molecule has 7 heteroatoms. The molecule has 0 unspecified atom stereocenters. The zero-order chi connectivity index (χ0) is 14.7. The maximum absolute atomic E-state index is 10.5. The van der Waals surface area contributed by atoms with Crippen molar-refractivity contribution in [3.63, 3.8) is 0 Å². The molecule has 1 heterocycles. The van der Waals surface area contributed by atoms with E-state index in [4.69, 9.17) is 9.84 Å². The number of aryl methyl sites for hydroxylation is 1. The topological polar surface area (TPSA) is 79.7 Å². The predicted octanol–water partition coefficient (Wildman–Crippen LogP) is 3.30. The number of aliphatic carboxylic acids is 1. The number of carboxylic acids is 1. The number of nitrogens with zero attached hydrogens (tertiary/aromatic N) is 1. The Morgan fingerprint density at radius 3 is 2.90 bits per heavy atom. The van der Waals surface area contributed by atoms with Crippen molar-refractivity contribution in [1.29, 1.82) is 0 Å². The highest BCUT2D eigenvalue weighted by molar-refractivity contribution is 9.10. The van der Waals surface area contributed by atoms with E-state index >= 15 is 0 Å². The summed E-state index contributed by atoms with van der Waals surface area (Å²) in [5.74, 6) is -0.441. The summed E-state index contributed by atoms with van der Waals surface area (Å²) in [5, 5.41) is 21.0. The molecule has 2 N–H and O–H groups in total. The van der Waals surface area contributed by atoms with Crippen molar-refractivity contribution >= 4 is 33.2 Å². The lowest BCUT2D eigenvalue weighted by Gasteiger charge is -2.07. The molecule has 20 heavy (non-hydrogen) atoms. The lowest BCUT2D eigenvalue weighted by molar-refractivity contribution is -0.136. The lowest BCUT2D eigenvalue weighted by atomic mass is 10.2. The predicted molar refractivity (Wildman–Crippen MR) is 79.4 cm³/mol. The van der Waals surface area contributed by atoms with Gasteiger partial charge in [0.1, 0.15) is 5.01 Å². The highest BCUT2D eigenvalue weighted by atomic mass is 79.9. The van der Waals surface area contributed by atoms with Gasteiger partial charge in [-0.05, 0) is 28.1 Å². The number of phenolic OH excluding ortho intramolecular Hbond substituents is 1. The molecule has 5 nitrogen and oxygen atoms in total. The molecule has 0 spiro atoms. The minimum Gasteiger partial charge on any atom is -0.503 e. The minimum atomic E-state index is -0.839. The zero-order valence-electron chi connectivity index (χ0n) is 10.6. The van der Waals surface area contributed by atoms with Crippen LogP contribution in [0.2, 0.25) is 0 Å². The van der Waals surface area contributed by atoms with Crippen molar-refractivity contribution in [1.82, 2.24) is 4.98 Å². The summed E-state index contributed by atoms with van der Waals surface area (Å²) >= 11 is 4.69. The number of aromatic hydroxyl groups is 1. The Morgan fingerprint density at radius 1 is 1.50 bits per heavy atom. The van der Waals surface area contributed by atoms with Gasteiger partial charge in [-0.2, -0.15) is 0 Å². The highest BCUT2D eigenvalue weighted by Gasteiger charge is 2.12. The van der Waals surface area contributed by atoms with E-state index in [1.807, 2.05) is 5.38 Å². The Hall–Kier alpha value is -1.60. The van der Waals surface area contributed by atoms with E-state index in [0.29, 0.717) is 16.6 Å². The van der Waals surface area contributed by atoms with Crippen LogP contribution in [0.25, 0.3) is 10.6 Å². The number of rotatable bonds is 5. The Bertz CT molecular complexity index is 641. The first-order valence-electron chi connectivity index (χ1n) is 5.74. The van der Waals surface area contributed by atoms with Crippen LogP contribution in [0.1, 0.15) is 12.1 Å².